The maximum absolute atomic E-state index is 12.6. The molecule has 0 saturated carbocycles. The number of ether oxygens (including phenoxy) is 1. The van der Waals surface area contributed by atoms with Crippen molar-refractivity contribution >= 4 is 17.6 Å². The number of methoxy groups -OCH3 is 1. The Morgan fingerprint density at radius 3 is 2.12 bits per heavy atom. The van der Waals surface area contributed by atoms with E-state index >= 15 is 0 Å². The summed E-state index contributed by atoms with van der Waals surface area (Å²) in [4.78, 5) is 38.0. The molecule has 0 rings (SSSR count). The highest BCUT2D eigenvalue weighted by molar-refractivity contribution is 5.87. The molecule has 4 atom stereocenters. The van der Waals surface area contributed by atoms with E-state index in [4.69, 9.17) is 4.74 Å². The predicted molar refractivity (Wildman–Crippen MR) is 103 cm³/mol. The number of hydrogen-bond acceptors (Lipinski definition) is 5. The lowest BCUT2D eigenvalue weighted by Gasteiger charge is -2.37. The quantitative estimate of drug-likeness (QED) is 0.538. The summed E-state index contributed by atoms with van der Waals surface area (Å²) in [6, 6.07) is -0.577. The molecule has 2 amide bonds. The molecule has 0 aromatic heterocycles. The third-order valence-corrected chi connectivity index (χ3v) is 4.91. The number of carbonyl (C=O) groups is 3. The van der Waals surface area contributed by atoms with Crippen molar-refractivity contribution < 1.29 is 19.1 Å². The lowest BCUT2D eigenvalue weighted by atomic mass is 9.90. The van der Waals surface area contributed by atoms with E-state index in [9.17, 15) is 14.4 Å². The molecule has 0 radical (unpaired) electrons. The number of amides is 2. The van der Waals surface area contributed by atoms with Gasteiger partial charge in [-0.05, 0) is 25.8 Å². The molecule has 2 N–H and O–H groups in total. The third-order valence-electron chi connectivity index (χ3n) is 4.91. The van der Waals surface area contributed by atoms with E-state index < -0.39 is 0 Å². The minimum absolute atomic E-state index is 0.0214. The second kappa shape index (κ2) is 12.0. The first-order valence-corrected chi connectivity index (χ1v) is 9.33. The van der Waals surface area contributed by atoms with E-state index in [1.807, 2.05) is 27.7 Å². The highest BCUT2D eigenvalue weighted by Gasteiger charge is 2.33. The number of rotatable bonds is 12. The van der Waals surface area contributed by atoms with Gasteiger partial charge in [0, 0.05) is 20.6 Å². The minimum atomic E-state index is -0.368. The van der Waals surface area contributed by atoms with E-state index in [1.165, 1.54) is 6.92 Å². The van der Waals surface area contributed by atoms with Gasteiger partial charge in [0.15, 0.2) is 0 Å². The first-order valence-electron chi connectivity index (χ1n) is 9.33. The fraction of sp³-hybridized carbons (Fsp3) is 0.842. The van der Waals surface area contributed by atoms with Gasteiger partial charge in [0.05, 0.1) is 24.7 Å². The molecular formula is C19H37N3O4. The Balaban J connectivity index is 5.09. The number of carbonyl (C=O) groups excluding carboxylic acids is 3. The van der Waals surface area contributed by atoms with Crippen LogP contribution in [0.15, 0.2) is 0 Å². The predicted octanol–water partition coefficient (Wildman–Crippen LogP) is 1.21. The van der Waals surface area contributed by atoms with Gasteiger partial charge in [0.2, 0.25) is 11.8 Å². The second-order valence-corrected chi connectivity index (χ2v) is 7.29. The molecule has 0 spiro atoms. The van der Waals surface area contributed by atoms with E-state index in [0.717, 1.165) is 6.42 Å². The summed E-state index contributed by atoms with van der Waals surface area (Å²) in [5.41, 5.74) is 0. The van der Waals surface area contributed by atoms with Gasteiger partial charge < -0.3 is 20.3 Å². The monoisotopic (exact) mass is 371 g/mol. The van der Waals surface area contributed by atoms with E-state index in [0.29, 0.717) is 0 Å². The molecule has 0 aliphatic heterocycles. The lowest BCUT2D eigenvalue weighted by molar-refractivity contribution is -0.139. The van der Waals surface area contributed by atoms with Gasteiger partial charge in [-0.3, -0.25) is 14.4 Å². The van der Waals surface area contributed by atoms with Crippen LogP contribution in [0, 0.1) is 11.8 Å². The second-order valence-electron chi connectivity index (χ2n) is 7.29. The number of ketones is 1. The van der Waals surface area contributed by atoms with Gasteiger partial charge in [-0.1, -0.05) is 34.1 Å². The molecule has 7 nitrogen and oxygen atoms in total. The summed E-state index contributed by atoms with van der Waals surface area (Å²) < 4.78 is 5.52. The van der Waals surface area contributed by atoms with Crippen molar-refractivity contribution in [3.63, 3.8) is 0 Å². The topological polar surface area (TPSA) is 87.7 Å². The van der Waals surface area contributed by atoms with Crippen molar-refractivity contribution in [2.75, 3.05) is 27.7 Å². The Morgan fingerprint density at radius 2 is 1.73 bits per heavy atom. The zero-order valence-electron chi connectivity index (χ0n) is 17.6. The molecule has 152 valence electrons. The van der Waals surface area contributed by atoms with Crippen LogP contribution < -0.4 is 10.6 Å². The highest BCUT2D eigenvalue weighted by atomic mass is 16.5. The van der Waals surface area contributed by atoms with E-state index in [1.54, 1.807) is 26.1 Å². The summed E-state index contributed by atoms with van der Waals surface area (Å²) in [6.45, 7) is 9.40. The summed E-state index contributed by atoms with van der Waals surface area (Å²) >= 11 is 0. The Bertz CT molecular complexity index is 468. The zero-order valence-corrected chi connectivity index (χ0v) is 17.6. The SMILES string of the molecule is CCC(C)C(C(CC(C)=O)OC)N(C)C(=O)CNC(=O)C(NC)C(C)C. The summed E-state index contributed by atoms with van der Waals surface area (Å²) in [6.07, 6.45) is 0.736. The van der Waals surface area contributed by atoms with Gasteiger partial charge >= 0.3 is 0 Å². The zero-order chi connectivity index (χ0) is 20.4. The van der Waals surface area contributed by atoms with Gasteiger partial charge in [0.1, 0.15) is 5.78 Å². The van der Waals surface area contributed by atoms with Crippen molar-refractivity contribution in [3.8, 4) is 0 Å². The molecule has 0 saturated heterocycles. The molecule has 0 fully saturated rings. The normalized spacial score (nSPS) is 15.9. The molecule has 7 heteroatoms. The number of nitrogens with zero attached hydrogens (tertiary/aromatic N) is 1. The van der Waals surface area contributed by atoms with Crippen LogP contribution in [0.3, 0.4) is 0 Å². The van der Waals surface area contributed by atoms with Crippen LogP contribution in [0.25, 0.3) is 0 Å². The Morgan fingerprint density at radius 1 is 1.15 bits per heavy atom. The van der Waals surface area contributed by atoms with Crippen LogP contribution in [0.4, 0.5) is 0 Å². The number of hydrogen-bond donors (Lipinski definition) is 2. The summed E-state index contributed by atoms with van der Waals surface area (Å²) in [7, 11) is 4.99. The smallest absolute Gasteiger partial charge is 0.242 e. The molecule has 0 aromatic rings. The number of likely N-dealkylation sites (N-methyl/N-ethyl adjacent to an activating group) is 2. The fourth-order valence-electron chi connectivity index (χ4n) is 3.20. The van der Waals surface area contributed by atoms with E-state index in [-0.39, 0.29) is 60.6 Å². The van der Waals surface area contributed by atoms with Gasteiger partial charge in [-0.25, -0.2) is 0 Å². The molecule has 4 unspecified atom stereocenters. The van der Waals surface area contributed by atoms with Crippen molar-refractivity contribution in [2.24, 2.45) is 11.8 Å². The average Bonchev–Trinajstić information content (AvgIpc) is 2.58. The van der Waals surface area contributed by atoms with Crippen molar-refractivity contribution in [3.05, 3.63) is 0 Å². The summed E-state index contributed by atoms with van der Waals surface area (Å²) in [5.74, 6) is -0.101. The molecule has 0 bridgehead atoms. The fourth-order valence-corrected chi connectivity index (χ4v) is 3.20. The van der Waals surface area contributed by atoms with Gasteiger partial charge in [0.25, 0.3) is 0 Å². The molecule has 26 heavy (non-hydrogen) atoms. The van der Waals surface area contributed by atoms with Crippen LogP contribution in [0.5, 0.6) is 0 Å². The van der Waals surface area contributed by atoms with Crippen molar-refractivity contribution in [1.29, 1.82) is 0 Å². The number of nitrogens with one attached hydrogen (secondary N) is 2. The molecule has 0 heterocycles. The highest BCUT2D eigenvalue weighted by Crippen LogP contribution is 2.21. The molecular weight excluding hydrogens is 334 g/mol. The largest absolute Gasteiger partial charge is 0.379 e. The minimum Gasteiger partial charge on any atom is -0.379 e. The maximum atomic E-state index is 12.6. The Hall–Kier alpha value is -1.47. The van der Waals surface area contributed by atoms with Crippen molar-refractivity contribution in [2.45, 2.75) is 65.6 Å². The standard InChI is InChI=1S/C19H37N3O4/c1-9-13(4)18(15(26-8)10-14(5)23)22(7)16(24)11-21-19(25)17(20-6)12(2)3/h12-13,15,17-18,20H,9-11H2,1-8H3,(H,21,25). The Labute approximate surface area is 158 Å². The first-order chi connectivity index (χ1) is 12.1. The van der Waals surface area contributed by atoms with Crippen LogP contribution in [0.1, 0.15) is 47.5 Å². The van der Waals surface area contributed by atoms with Gasteiger partial charge in [-0.2, -0.15) is 0 Å². The molecule has 0 aliphatic carbocycles. The van der Waals surface area contributed by atoms with Crippen LogP contribution in [0.2, 0.25) is 0 Å². The Kier molecular flexibility index (Phi) is 11.3. The van der Waals surface area contributed by atoms with E-state index in [2.05, 4.69) is 10.6 Å². The average molecular weight is 372 g/mol. The van der Waals surface area contributed by atoms with Crippen LogP contribution in [-0.2, 0) is 19.1 Å². The lowest BCUT2D eigenvalue weighted by Crippen LogP contribution is -2.53. The van der Waals surface area contributed by atoms with Crippen LogP contribution in [-0.4, -0.2) is 68.4 Å². The molecule has 0 aliphatic rings. The first kappa shape index (κ1) is 24.5. The third kappa shape index (κ3) is 7.41. The maximum Gasteiger partial charge on any atom is 0.242 e. The van der Waals surface area contributed by atoms with Gasteiger partial charge in [-0.15, -0.1) is 0 Å². The van der Waals surface area contributed by atoms with Crippen molar-refractivity contribution in [1.82, 2.24) is 15.5 Å². The summed E-state index contributed by atoms with van der Waals surface area (Å²) in [5, 5.41) is 5.66. The number of Topliss-reactive ketones (excluding diaryl/α,β-unsaturated/α-hetero) is 1. The molecule has 0 aromatic carbocycles. The van der Waals surface area contributed by atoms with Crippen LogP contribution >= 0.6 is 0 Å².